The van der Waals surface area contributed by atoms with E-state index in [1.165, 1.54) is 5.56 Å². The van der Waals surface area contributed by atoms with Crippen molar-refractivity contribution in [1.29, 1.82) is 0 Å². The number of ether oxygens (including phenoxy) is 2. The molecule has 0 saturated carbocycles. The van der Waals surface area contributed by atoms with Gasteiger partial charge in [0, 0.05) is 9.13 Å². The van der Waals surface area contributed by atoms with Gasteiger partial charge in [0.1, 0.15) is 12.4 Å². The molecule has 0 aromatic heterocycles. The van der Waals surface area contributed by atoms with Gasteiger partial charge in [0.05, 0.1) is 12.3 Å². The number of aryl methyl sites for hydroxylation is 2. The number of rotatable bonds is 6. The third-order valence-corrected chi connectivity index (χ3v) is 4.53. The van der Waals surface area contributed by atoms with E-state index in [2.05, 4.69) is 47.0 Å². The van der Waals surface area contributed by atoms with Crippen LogP contribution in [0.1, 0.15) is 30.5 Å². The molecule has 0 aliphatic rings. The number of hydrogen-bond acceptors (Lipinski definition) is 3. The smallest absolute Gasteiger partial charge is 0.411 e. The van der Waals surface area contributed by atoms with Gasteiger partial charge in [-0.05, 0) is 66.1 Å². The van der Waals surface area contributed by atoms with Crippen molar-refractivity contribution in [3.8, 4) is 5.75 Å². The molecule has 0 unspecified atom stereocenters. The maximum Gasteiger partial charge on any atom is 0.411 e. The molecular weight excluding hydrogens is 417 g/mol. The van der Waals surface area contributed by atoms with E-state index in [-0.39, 0.29) is 0 Å². The predicted octanol–water partition coefficient (Wildman–Crippen LogP) is 5.31. The Kier molecular flexibility index (Phi) is 6.90. The molecular formula is C19H22INO3. The molecule has 0 aliphatic heterocycles. The summed E-state index contributed by atoms with van der Waals surface area (Å²) in [4.78, 5) is 11.7. The number of anilines is 1. The first-order chi connectivity index (χ1) is 11.5. The average Bonchev–Trinajstić information content (AvgIpc) is 2.56. The van der Waals surface area contributed by atoms with Gasteiger partial charge in [0.15, 0.2) is 0 Å². The molecule has 1 N–H and O–H groups in total. The van der Waals surface area contributed by atoms with Gasteiger partial charge >= 0.3 is 6.09 Å². The predicted molar refractivity (Wildman–Crippen MR) is 105 cm³/mol. The van der Waals surface area contributed by atoms with E-state index >= 15 is 0 Å². The molecule has 0 spiro atoms. The molecule has 2 aromatic rings. The van der Waals surface area contributed by atoms with Crippen LogP contribution in [0.25, 0.3) is 0 Å². The van der Waals surface area contributed by atoms with Crippen LogP contribution < -0.4 is 10.1 Å². The third kappa shape index (κ3) is 4.87. The van der Waals surface area contributed by atoms with E-state index < -0.39 is 6.09 Å². The zero-order valence-corrected chi connectivity index (χ0v) is 16.3. The fourth-order valence-electron chi connectivity index (χ4n) is 2.35. The van der Waals surface area contributed by atoms with Gasteiger partial charge in [-0.1, -0.05) is 31.2 Å². The molecule has 0 fully saturated rings. The maximum atomic E-state index is 11.7. The maximum absolute atomic E-state index is 11.7. The van der Waals surface area contributed by atoms with Crippen LogP contribution in [0.2, 0.25) is 0 Å². The molecule has 5 heteroatoms. The summed E-state index contributed by atoms with van der Waals surface area (Å²) in [5.74, 6) is 0.855. The monoisotopic (exact) mass is 439 g/mol. The van der Waals surface area contributed by atoms with Gasteiger partial charge in [-0.25, -0.2) is 4.79 Å². The van der Waals surface area contributed by atoms with Crippen molar-refractivity contribution in [2.45, 2.75) is 33.8 Å². The Hall–Kier alpha value is -1.76. The molecule has 2 aromatic carbocycles. The van der Waals surface area contributed by atoms with Crippen LogP contribution in [0, 0.1) is 10.5 Å². The van der Waals surface area contributed by atoms with Crippen molar-refractivity contribution in [3.63, 3.8) is 0 Å². The molecule has 4 nitrogen and oxygen atoms in total. The lowest BCUT2D eigenvalue weighted by molar-refractivity contribution is 0.168. The van der Waals surface area contributed by atoms with Crippen LogP contribution in [0.15, 0.2) is 36.4 Å². The van der Waals surface area contributed by atoms with Crippen molar-refractivity contribution < 1.29 is 14.3 Å². The number of para-hydroxylation sites is 1. The first-order valence-electron chi connectivity index (χ1n) is 7.98. The van der Waals surface area contributed by atoms with Gasteiger partial charge in [0.2, 0.25) is 0 Å². The molecule has 0 atom stereocenters. The largest absolute Gasteiger partial charge is 0.489 e. The van der Waals surface area contributed by atoms with Gasteiger partial charge in [0.25, 0.3) is 0 Å². The Bertz CT molecular complexity index is 716. The number of carbonyl (C=O) groups excluding carboxylic acids is 1. The lowest BCUT2D eigenvalue weighted by Crippen LogP contribution is -2.16. The quantitative estimate of drug-likeness (QED) is 0.621. The minimum absolute atomic E-state index is 0.337. The summed E-state index contributed by atoms with van der Waals surface area (Å²) in [6.45, 7) is 6.67. The fraction of sp³-hybridized carbons (Fsp3) is 0.316. The lowest BCUT2D eigenvalue weighted by atomic mass is 10.1. The van der Waals surface area contributed by atoms with Gasteiger partial charge in [-0.15, -0.1) is 0 Å². The fourth-order valence-corrected chi connectivity index (χ4v) is 3.04. The van der Waals surface area contributed by atoms with E-state index in [0.29, 0.717) is 13.2 Å². The average molecular weight is 439 g/mol. The first-order valence-corrected chi connectivity index (χ1v) is 9.06. The molecule has 24 heavy (non-hydrogen) atoms. The Balaban J connectivity index is 2.15. The summed E-state index contributed by atoms with van der Waals surface area (Å²) in [5.41, 5.74) is 4.05. The highest BCUT2D eigenvalue weighted by molar-refractivity contribution is 14.1. The van der Waals surface area contributed by atoms with E-state index in [0.717, 1.165) is 32.6 Å². The summed E-state index contributed by atoms with van der Waals surface area (Å²) in [7, 11) is 0. The molecule has 0 aliphatic carbocycles. The van der Waals surface area contributed by atoms with Crippen molar-refractivity contribution in [3.05, 3.63) is 56.7 Å². The lowest BCUT2D eigenvalue weighted by Gasteiger charge is -2.15. The summed E-state index contributed by atoms with van der Waals surface area (Å²) in [6, 6.07) is 12.0. The van der Waals surface area contributed by atoms with Gasteiger partial charge in [-0.2, -0.15) is 0 Å². The van der Waals surface area contributed by atoms with Crippen LogP contribution in [-0.4, -0.2) is 12.7 Å². The van der Waals surface area contributed by atoms with E-state index in [1.807, 2.05) is 31.2 Å². The van der Waals surface area contributed by atoms with E-state index in [9.17, 15) is 4.79 Å². The summed E-state index contributed by atoms with van der Waals surface area (Å²) >= 11 is 2.19. The van der Waals surface area contributed by atoms with Crippen LogP contribution in [0.5, 0.6) is 5.75 Å². The van der Waals surface area contributed by atoms with Crippen molar-refractivity contribution >= 4 is 34.4 Å². The van der Waals surface area contributed by atoms with E-state index in [1.54, 1.807) is 6.92 Å². The zero-order valence-electron chi connectivity index (χ0n) is 14.2. The number of nitrogens with one attached hydrogen (secondary N) is 1. The third-order valence-electron chi connectivity index (χ3n) is 3.63. The Morgan fingerprint density at radius 1 is 1.21 bits per heavy atom. The van der Waals surface area contributed by atoms with Crippen molar-refractivity contribution in [2.75, 3.05) is 11.9 Å². The van der Waals surface area contributed by atoms with Crippen LogP contribution in [-0.2, 0) is 17.8 Å². The second kappa shape index (κ2) is 8.92. The summed E-state index contributed by atoms with van der Waals surface area (Å²) < 4.78 is 11.9. The van der Waals surface area contributed by atoms with Gasteiger partial charge in [-0.3, -0.25) is 5.32 Å². The number of halogens is 1. The molecule has 2 rings (SSSR count). The number of carbonyl (C=O) groups is 1. The number of hydrogen-bond donors (Lipinski definition) is 1. The minimum atomic E-state index is -0.452. The Morgan fingerprint density at radius 3 is 2.67 bits per heavy atom. The van der Waals surface area contributed by atoms with E-state index in [4.69, 9.17) is 9.47 Å². The van der Waals surface area contributed by atoms with Crippen LogP contribution in [0.3, 0.4) is 0 Å². The number of amides is 1. The van der Waals surface area contributed by atoms with Crippen LogP contribution >= 0.6 is 22.6 Å². The highest BCUT2D eigenvalue weighted by Crippen LogP contribution is 2.26. The standard InChI is InChI=1S/C19H22INO3/c1-4-14-9-10-17(13(3)11-14)24-12-15-7-6-8-16(20)18(15)21-19(22)23-5-2/h6-11H,4-5,12H2,1-3H3,(H,21,22). The summed E-state index contributed by atoms with van der Waals surface area (Å²) in [5, 5.41) is 2.80. The second-order valence-electron chi connectivity index (χ2n) is 5.36. The second-order valence-corrected chi connectivity index (χ2v) is 6.52. The molecule has 0 bridgehead atoms. The van der Waals surface area contributed by atoms with Crippen molar-refractivity contribution in [1.82, 2.24) is 0 Å². The molecule has 0 radical (unpaired) electrons. The number of benzene rings is 2. The van der Waals surface area contributed by atoms with Crippen LogP contribution in [0.4, 0.5) is 10.5 Å². The molecule has 128 valence electrons. The zero-order chi connectivity index (χ0) is 17.5. The topological polar surface area (TPSA) is 47.6 Å². The normalized spacial score (nSPS) is 10.3. The van der Waals surface area contributed by atoms with Gasteiger partial charge < -0.3 is 9.47 Å². The highest BCUT2D eigenvalue weighted by atomic mass is 127. The highest BCUT2D eigenvalue weighted by Gasteiger charge is 2.12. The Labute approximate surface area is 156 Å². The molecule has 0 heterocycles. The SMILES string of the molecule is CCOC(=O)Nc1c(I)cccc1COc1ccc(CC)cc1C. The first kappa shape index (κ1) is 18.6. The molecule has 0 saturated heterocycles. The molecule has 1 amide bonds. The van der Waals surface area contributed by atoms with Crippen molar-refractivity contribution in [2.24, 2.45) is 0 Å². The summed E-state index contributed by atoms with van der Waals surface area (Å²) in [6.07, 6.45) is 0.553. The minimum Gasteiger partial charge on any atom is -0.489 e. The Morgan fingerprint density at radius 2 is 2.00 bits per heavy atom.